The molecule has 25 heavy (non-hydrogen) atoms. The Morgan fingerprint density at radius 3 is 2.24 bits per heavy atom. The van der Waals surface area contributed by atoms with Gasteiger partial charge in [-0.15, -0.1) is 0 Å². The van der Waals surface area contributed by atoms with Crippen LogP contribution in [0.5, 0.6) is 0 Å². The predicted molar refractivity (Wildman–Crippen MR) is 84.7 cm³/mol. The number of primary amides is 1. The first kappa shape index (κ1) is 18.3. The molecule has 0 saturated carbocycles. The smallest absolute Gasteiger partial charge is 0.383 e. The van der Waals surface area contributed by atoms with Crippen LogP contribution in [-0.2, 0) is 11.0 Å². The zero-order chi connectivity index (χ0) is 18.9. The lowest BCUT2D eigenvalue weighted by Gasteiger charge is -2.15. The SMILES string of the molecule is Cc1nn(C(C)C(=O)Nc2ccc(C(F)(F)F)cc2)c(N)c1C(N)=O. The van der Waals surface area contributed by atoms with Crippen LogP contribution in [-0.4, -0.2) is 21.6 Å². The molecule has 2 amide bonds. The quantitative estimate of drug-likeness (QED) is 0.778. The molecule has 1 aromatic carbocycles. The third-order valence-electron chi connectivity index (χ3n) is 3.59. The summed E-state index contributed by atoms with van der Waals surface area (Å²) in [6.45, 7) is 3.00. The van der Waals surface area contributed by atoms with Crippen molar-refractivity contribution < 1.29 is 22.8 Å². The van der Waals surface area contributed by atoms with E-state index in [2.05, 4.69) is 10.4 Å². The van der Waals surface area contributed by atoms with Crippen LogP contribution >= 0.6 is 0 Å². The van der Waals surface area contributed by atoms with Crippen molar-refractivity contribution in [3.05, 3.63) is 41.1 Å². The molecular weight excluding hydrogens is 339 g/mol. The van der Waals surface area contributed by atoms with Gasteiger partial charge in [0.15, 0.2) is 0 Å². The number of amides is 2. The van der Waals surface area contributed by atoms with E-state index in [-0.39, 0.29) is 22.8 Å². The summed E-state index contributed by atoms with van der Waals surface area (Å²) in [5, 5.41) is 6.49. The van der Waals surface area contributed by atoms with Gasteiger partial charge in [0.25, 0.3) is 5.91 Å². The van der Waals surface area contributed by atoms with Crippen LogP contribution in [0.25, 0.3) is 0 Å². The molecule has 7 nitrogen and oxygen atoms in total. The molecule has 0 aliphatic heterocycles. The van der Waals surface area contributed by atoms with Crippen LogP contribution < -0.4 is 16.8 Å². The van der Waals surface area contributed by atoms with E-state index in [4.69, 9.17) is 11.5 Å². The minimum absolute atomic E-state index is 0.0224. The molecule has 0 radical (unpaired) electrons. The second kappa shape index (κ2) is 6.46. The zero-order valence-electron chi connectivity index (χ0n) is 13.4. The number of rotatable bonds is 4. The number of benzene rings is 1. The average Bonchev–Trinajstić information content (AvgIpc) is 2.80. The first-order valence-electron chi connectivity index (χ1n) is 7.15. The molecule has 2 rings (SSSR count). The highest BCUT2D eigenvalue weighted by molar-refractivity contribution is 5.99. The lowest BCUT2D eigenvalue weighted by Crippen LogP contribution is -2.26. The molecule has 1 atom stereocenters. The average molecular weight is 355 g/mol. The summed E-state index contributed by atoms with van der Waals surface area (Å²) in [6, 6.07) is 3.09. The van der Waals surface area contributed by atoms with Crippen molar-refractivity contribution in [1.29, 1.82) is 0 Å². The molecule has 2 aromatic rings. The van der Waals surface area contributed by atoms with Crippen molar-refractivity contribution in [1.82, 2.24) is 9.78 Å². The van der Waals surface area contributed by atoms with Gasteiger partial charge >= 0.3 is 6.18 Å². The normalized spacial score (nSPS) is 12.7. The number of carbonyl (C=O) groups is 2. The van der Waals surface area contributed by atoms with Gasteiger partial charge in [-0.25, -0.2) is 4.68 Å². The monoisotopic (exact) mass is 355 g/mol. The third-order valence-corrected chi connectivity index (χ3v) is 3.59. The fourth-order valence-electron chi connectivity index (χ4n) is 2.27. The lowest BCUT2D eigenvalue weighted by atomic mass is 10.2. The molecular formula is C15H16F3N5O2. The molecule has 10 heteroatoms. The maximum absolute atomic E-state index is 12.5. The topological polar surface area (TPSA) is 116 Å². The van der Waals surface area contributed by atoms with Crippen molar-refractivity contribution in [2.75, 3.05) is 11.1 Å². The number of nitrogen functional groups attached to an aromatic ring is 1. The summed E-state index contributed by atoms with van der Waals surface area (Å²) in [5.74, 6) is -1.39. The van der Waals surface area contributed by atoms with Crippen LogP contribution in [0.4, 0.5) is 24.7 Å². The Hall–Kier alpha value is -3.04. The standard InChI is InChI=1S/C15H16F3N5O2/c1-7-11(13(20)24)12(19)23(22-7)8(2)14(25)21-10-5-3-9(4-6-10)15(16,17)18/h3-6,8H,19H2,1-2H3,(H2,20,24)(H,21,25). The highest BCUT2D eigenvalue weighted by Crippen LogP contribution is 2.30. The summed E-state index contributed by atoms with van der Waals surface area (Å²) in [7, 11) is 0. The fraction of sp³-hybridized carbons (Fsp3) is 0.267. The van der Waals surface area contributed by atoms with Gasteiger partial charge in [-0.1, -0.05) is 0 Å². The maximum atomic E-state index is 12.5. The largest absolute Gasteiger partial charge is 0.416 e. The number of halogens is 3. The number of anilines is 2. The summed E-state index contributed by atoms with van der Waals surface area (Å²) in [4.78, 5) is 23.6. The molecule has 0 fully saturated rings. The fourth-order valence-corrected chi connectivity index (χ4v) is 2.27. The summed E-state index contributed by atoms with van der Waals surface area (Å²) in [5.41, 5.74) is 10.7. The number of aryl methyl sites for hydroxylation is 1. The molecule has 0 spiro atoms. The van der Waals surface area contributed by atoms with Gasteiger partial charge in [0, 0.05) is 5.69 Å². The third kappa shape index (κ3) is 3.73. The Balaban J connectivity index is 2.19. The second-order valence-corrected chi connectivity index (χ2v) is 5.39. The van der Waals surface area contributed by atoms with Crippen LogP contribution in [0.2, 0.25) is 0 Å². The number of alkyl halides is 3. The molecule has 134 valence electrons. The first-order valence-corrected chi connectivity index (χ1v) is 7.15. The Kier molecular flexibility index (Phi) is 4.73. The summed E-state index contributed by atoms with van der Waals surface area (Å²) < 4.78 is 38.7. The molecule has 0 bridgehead atoms. The first-order chi connectivity index (χ1) is 11.5. The van der Waals surface area contributed by atoms with Crippen molar-refractivity contribution in [2.24, 2.45) is 5.73 Å². The van der Waals surface area contributed by atoms with Gasteiger partial charge in [0.2, 0.25) is 5.91 Å². The molecule has 1 aromatic heterocycles. The number of hydrogen-bond donors (Lipinski definition) is 3. The summed E-state index contributed by atoms with van der Waals surface area (Å²) >= 11 is 0. The maximum Gasteiger partial charge on any atom is 0.416 e. The number of carbonyl (C=O) groups excluding carboxylic acids is 2. The molecule has 0 aliphatic carbocycles. The van der Waals surface area contributed by atoms with Crippen LogP contribution in [0.1, 0.15) is 34.6 Å². The molecule has 1 heterocycles. The molecule has 1 unspecified atom stereocenters. The molecule has 0 saturated heterocycles. The van der Waals surface area contributed by atoms with Crippen molar-refractivity contribution in [3.63, 3.8) is 0 Å². The van der Waals surface area contributed by atoms with E-state index < -0.39 is 29.6 Å². The van der Waals surface area contributed by atoms with Gasteiger partial charge in [-0.2, -0.15) is 18.3 Å². The zero-order valence-corrected chi connectivity index (χ0v) is 13.4. The van der Waals surface area contributed by atoms with Crippen LogP contribution in [0.3, 0.4) is 0 Å². The number of nitrogens with two attached hydrogens (primary N) is 2. The van der Waals surface area contributed by atoms with Gasteiger partial charge in [0.1, 0.15) is 17.4 Å². The predicted octanol–water partition coefficient (Wildman–Crippen LogP) is 2.09. The minimum atomic E-state index is -4.46. The van der Waals surface area contributed by atoms with Gasteiger partial charge in [-0.05, 0) is 38.1 Å². The number of aromatic nitrogens is 2. The Morgan fingerprint density at radius 1 is 1.24 bits per heavy atom. The molecule has 0 aliphatic rings. The highest BCUT2D eigenvalue weighted by atomic mass is 19.4. The number of nitrogens with one attached hydrogen (secondary N) is 1. The minimum Gasteiger partial charge on any atom is -0.383 e. The Morgan fingerprint density at radius 2 is 1.80 bits per heavy atom. The van der Waals surface area contributed by atoms with Crippen LogP contribution in [0.15, 0.2) is 24.3 Å². The second-order valence-electron chi connectivity index (χ2n) is 5.39. The highest BCUT2D eigenvalue weighted by Gasteiger charge is 2.30. The van der Waals surface area contributed by atoms with Crippen molar-refractivity contribution in [3.8, 4) is 0 Å². The van der Waals surface area contributed by atoms with E-state index in [0.717, 1.165) is 28.9 Å². The van der Waals surface area contributed by atoms with E-state index >= 15 is 0 Å². The van der Waals surface area contributed by atoms with E-state index in [9.17, 15) is 22.8 Å². The van der Waals surface area contributed by atoms with Crippen LogP contribution in [0, 0.1) is 6.92 Å². The number of nitrogens with zero attached hydrogens (tertiary/aromatic N) is 2. The van der Waals surface area contributed by atoms with Gasteiger partial charge in [-0.3, -0.25) is 9.59 Å². The molecule has 5 N–H and O–H groups in total. The van der Waals surface area contributed by atoms with Gasteiger partial charge < -0.3 is 16.8 Å². The van der Waals surface area contributed by atoms with Gasteiger partial charge in [0.05, 0.1) is 11.3 Å². The van der Waals surface area contributed by atoms with E-state index in [0.29, 0.717) is 0 Å². The van der Waals surface area contributed by atoms with E-state index in [1.165, 1.54) is 13.8 Å². The van der Waals surface area contributed by atoms with Crippen molar-refractivity contribution >= 4 is 23.3 Å². The van der Waals surface area contributed by atoms with Crippen molar-refractivity contribution in [2.45, 2.75) is 26.1 Å². The summed E-state index contributed by atoms with van der Waals surface area (Å²) in [6.07, 6.45) is -4.46. The number of hydrogen-bond acceptors (Lipinski definition) is 4. The van der Waals surface area contributed by atoms with E-state index in [1.807, 2.05) is 0 Å². The lowest BCUT2D eigenvalue weighted by molar-refractivity contribution is -0.137. The Labute approximate surface area is 140 Å². The Bertz CT molecular complexity index is 812. The van der Waals surface area contributed by atoms with E-state index in [1.54, 1.807) is 0 Å².